The molecule has 0 aliphatic carbocycles. The number of sulfonamides is 1. The van der Waals surface area contributed by atoms with Crippen molar-refractivity contribution in [3.8, 4) is 0 Å². The number of carbonyl (C=O) groups excluding carboxylic acids is 2. The summed E-state index contributed by atoms with van der Waals surface area (Å²) in [5, 5.41) is 2.90. The number of hydrogen-bond acceptors (Lipinski definition) is 4. The van der Waals surface area contributed by atoms with E-state index in [0.717, 1.165) is 33.8 Å². The van der Waals surface area contributed by atoms with Gasteiger partial charge >= 0.3 is 0 Å². The van der Waals surface area contributed by atoms with Gasteiger partial charge in [0.1, 0.15) is 12.6 Å². The van der Waals surface area contributed by atoms with E-state index >= 15 is 0 Å². The monoisotopic (exact) mass is 535 g/mol. The van der Waals surface area contributed by atoms with Gasteiger partial charge < -0.3 is 10.2 Å². The van der Waals surface area contributed by atoms with Crippen LogP contribution < -0.4 is 9.62 Å². The first-order chi connectivity index (χ1) is 18.2. The van der Waals surface area contributed by atoms with Gasteiger partial charge in [0.25, 0.3) is 10.0 Å². The second-order valence-corrected chi connectivity index (χ2v) is 11.2. The van der Waals surface area contributed by atoms with Crippen LogP contribution in [0.3, 0.4) is 0 Å². The molecule has 1 N–H and O–H groups in total. The fraction of sp³-hybridized carbons (Fsp3) is 0.333. The van der Waals surface area contributed by atoms with Crippen molar-refractivity contribution in [1.29, 1.82) is 0 Å². The summed E-state index contributed by atoms with van der Waals surface area (Å²) in [4.78, 5) is 28.5. The number of carbonyl (C=O) groups is 2. The van der Waals surface area contributed by atoms with E-state index in [4.69, 9.17) is 0 Å². The topological polar surface area (TPSA) is 86.8 Å². The minimum atomic E-state index is -4.06. The van der Waals surface area contributed by atoms with Crippen LogP contribution in [0.25, 0.3) is 0 Å². The molecule has 3 aromatic rings. The number of nitrogens with zero attached hydrogens (tertiary/aromatic N) is 2. The van der Waals surface area contributed by atoms with Gasteiger partial charge in [0, 0.05) is 13.1 Å². The maximum Gasteiger partial charge on any atom is 0.264 e. The van der Waals surface area contributed by atoms with Crippen LogP contribution in [0.5, 0.6) is 0 Å². The van der Waals surface area contributed by atoms with E-state index < -0.39 is 28.5 Å². The molecule has 2 amide bonds. The summed E-state index contributed by atoms with van der Waals surface area (Å²) >= 11 is 0. The van der Waals surface area contributed by atoms with E-state index in [1.54, 1.807) is 37.3 Å². The van der Waals surface area contributed by atoms with Gasteiger partial charge in [0.05, 0.1) is 10.6 Å². The summed E-state index contributed by atoms with van der Waals surface area (Å²) in [7, 11) is -4.06. The normalized spacial score (nSPS) is 12.0. The highest BCUT2D eigenvalue weighted by atomic mass is 32.2. The molecule has 1 atom stereocenters. The zero-order valence-electron chi connectivity index (χ0n) is 22.6. The van der Waals surface area contributed by atoms with Crippen LogP contribution in [0.4, 0.5) is 5.69 Å². The third-order valence-electron chi connectivity index (χ3n) is 6.59. The van der Waals surface area contributed by atoms with Crippen molar-refractivity contribution in [1.82, 2.24) is 10.2 Å². The Bertz CT molecular complexity index is 1340. The SMILES string of the molecule is CCCCNC(=O)C(C)N(Cc1ccccc1C)C(=O)CN(c1ccccc1C)S(=O)(=O)c1ccccc1. The maximum atomic E-state index is 13.9. The van der Waals surface area contributed by atoms with Gasteiger partial charge in [-0.1, -0.05) is 74.0 Å². The smallest absolute Gasteiger partial charge is 0.264 e. The van der Waals surface area contributed by atoms with Crippen molar-refractivity contribution in [3.63, 3.8) is 0 Å². The summed E-state index contributed by atoms with van der Waals surface area (Å²) in [6, 6.07) is 22.0. The highest BCUT2D eigenvalue weighted by Crippen LogP contribution is 2.27. The highest BCUT2D eigenvalue weighted by molar-refractivity contribution is 7.92. The van der Waals surface area contributed by atoms with Crippen molar-refractivity contribution in [2.75, 3.05) is 17.4 Å². The largest absolute Gasteiger partial charge is 0.354 e. The molecular weight excluding hydrogens is 498 g/mol. The Kier molecular flexibility index (Phi) is 10.1. The molecule has 0 aliphatic rings. The van der Waals surface area contributed by atoms with Crippen LogP contribution in [-0.4, -0.2) is 44.3 Å². The fourth-order valence-corrected chi connectivity index (χ4v) is 5.67. The molecule has 0 aliphatic heterocycles. The molecular formula is C30H37N3O4S. The molecule has 8 heteroatoms. The Hall–Kier alpha value is -3.65. The van der Waals surface area contributed by atoms with Crippen molar-refractivity contribution in [2.24, 2.45) is 0 Å². The van der Waals surface area contributed by atoms with Crippen LogP contribution in [-0.2, 0) is 26.2 Å². The summed E-state index contributed by atoms with van der Waals surface area (Å²) in [6.07, 6.45) is 1.77. The lowest BCUT2D eigenvalue weighted by atomic mass is 10.1. The molecule has 0 saturated heterocycles. The quantitative estimate of drug-likeness (QED) is 0.337. The lowest BCUT2D eigenvalue weighted by Crippen LogP contribution is -2.51. The Labute approximate surface area is 226 Å². The zero-order valence-corrected chi connectivity index (χ0v) is 23.4. The average Bonchev–Trinajstić information content (AvgIpc) is 2.91. The van der Waals surface area contributed by atoms with E-state index in [1.165, 1.54) is 17.0 Å². The maximum absolute atomic E-state index is 13.9. The Morgan fingerprint density at radius 3 is 2.11 bits per heavy atom. The summed E-state index contributed by atoms with van der Waals surface area (Å²) in [6.45, 7) is 7.73. The molecule has 3 aromatic carbocycles. The minimum absolute atomic E-state index is 0.0897. The molecule has 0 heterocycles. The van der Waals surface area contributed by atoms with Gasteiger partial charge in [0.15, 0.2) is 0 Å². The van der Waals surface area contributed by atoms with E-state index in [1.807, 2.05) is 57.2 Å². The predicted octanol–water partition coefficient (Wildman–Crippen LogP) is 4.83. The number of benzene rings is 3. The number of unbranched alkanes of at least 4 members (excludes halogenated alkanes) is 1. The molecule has 0 bridgehead atoms. The summed E-state index contributed by atoms with van der Waals surface area (Å²) in [5.41, 5.74) is 3.01. The van der Waals surface area contributed by atoms with Crippen molar-refractivity contribution < 1.29 is 18.0 Å². The first-order valence-electron chi connectivity index (χ1n) is 12.9. The molecule has 3 rings (SSSR count). The fourth-order valence-electron chi connectivity index (χ4n) is 4.17. The Balaban J connectivity index is 2.01. The summed E-state index contributed by atoms with van der Waals surface area (Å²) < 4.78 is 28.8. The number of anilines is 1. The van der Waals surface area contributed by atoms with Crippen LogP contribution in [0.2, 0.25) is 0 Å². The van der Waals surface area contributed by atoms with Gasteiger partial charge in [-0.15, -0.1) is 0 Å². The van der Waals surface area contributed by atoms with Crippen molar-refractivity contribution in [3.05, 3.63) is 95.6 Å². The van der Waals surface area contributed by atoms with E-state index in [-0.39, 0.29) is 17.3 Å². The molecule has 0 fully saturated rings. The molecule has 0 spiro atoms. The number of aryl methyl sites for hydroxylation is 2. The van der Waals surface area contributed by atoms with E-state index in [2.05, 4.69) is 5.32 Å². The Morgan fingerprint density at radius 1 is 0.868 bits per heavy atom. The van der Waals surface area contributed by atoms with Crippen molar-refractivity contribution in [2.45, 2.75) is 58.0 Å². The molecule has 7 nitrogen and oxygen atoms in total. The van der Waals surface area contributed by atoms with Crippen LogP contribution in [0.15, 0.2) is 83.8 Å². The Morgan fingerprint density at radius 2 is 1.47 bits per heavy atom. The van der Waals surface area contributed by atoms with Crippen LogP contribution in [0, 0.1) is 13.8 Å². The first kappa shape index (κ1) is 28.9. The molecule has 1 unspecified atom stereocenters. The van der Waals surface area contributed by atoms with Crippen LogP contribution >= 0.6 is 0 Å². The number of para-hydroxylation sites is 1. The lowest BCUT2D eigenvalue weighted by molar-refractivity contribution is -0.139. The molecule has 0 aromatic heterocycles. The minimum Gasteiger partial charge on any atom is -0.354 e. The van der Waals surface area contributed by atoms with Crippen molar-refractivity contribution >= 4 is 27.5 Å². The highest BCUT2D eigenvalue weighted by Gasteiger charge is 2.33. The number of amides is 2. The second kappa shape index (κ2) is 13.2. The standard InChI is InChI=1S/C30H37N3O4S/c1-5-6-20-31-30(35)25(4)32(21-26-16-12-10-14-23(26)2)29(34)22-33(28-19-13-11-15-24(28)3)38(36,37)27-17-8-7-9-18-27/h7-19,25H,5-6,20-22H2,1-4H3,(H,31,35). The van der Waals surface area contributed by atoms with Gasteiger partial charge in [-0.25, -0.2) is 8.42 Å². The third-order valence-corrected chi connectivity index (χ3v) is 8.37. The van der Waals surface area contributed by atoms with Gasteiger partial charge in [-0.05, 0) is 62.1 Å². The second-order valence-electron chi connectivity index (χ2n) is 9.38. The lowest BCUT2D eigenvalue weighted by Gasteiger charge is -2.32. The summed E-state index contributed by atoms with van der Waals surface area (Å²) in [5.74, 6) is -0.733. The van der Waals surface area contributed by atoms with E-state index in [9.17, 15) is 18.0 Å². The molecule has 38 heavy (non-hydrogen) atoms. The predicted molar refractivity (Wildman–Crippen MR) is 151 cm³/mol. The third kappa shape index (κ3) is 7.01. The van der Waals surface area contributed by atoms with E-state index in [0.29, 0.717) is 12.2 Å². The molecule has 0 saturated carbocycles. The van der Waals surface area contributed by atoms with Crippen LogP contribution in [0.1, 0.15) is 43.4 Å². The number of hydrogen-bond donors (Lipinski definition) is 1. The number of nitrogens with one attached hydrogen (secondary N) is 1. The zero-order chi connectivity index (χ0) is 27.7. The number of rotatable bonds is 12. The van der Waals surface area contributed by atoms with Gasteiger partial charge in [-0.3, -0.25) is 13.9 Å². The molecule has 0 radical (unpaired) electrons. The molecule has 202 valence electrons. The average molecular weight is 536 g/mol. The first-order valence-corrected chi connectivity index (χ1v) is 14.4. The van der Waals surface area contributed by atoms with Gasteiger partial charge in [-0.2, -0.15) is 0 Å². The van der Waals surface area contributed by atoms with Gasteiger partial charge in [0.2, 0.25) is 11.8 Å².